The molecule has 6 nitrogen and oxygen atoms in total. The van der Waals surface area contributed by atoms with E-state index >= 15 is 0 Å². The molecule has 1 N–H and O–H groups in total. The van der Waals surface area contributed by atoms with Crippen molar-refractivity contribution in [3.63, 3.8) is 0 Å². The minimum Gasteiger partial charge on any atom is -0.458 e. The Kier molecular flexibility index (Phi) is 4.34. The summed E-state index contributed by atoms with van der Waals surface area (Å²) in [4.78, 5) is 22.4. The Morgan fingerprint density at radius 2 is 1.95 bits per heavy atom. The Morgan fingerprint density at radius 1 is 1.33 bits per heavy atom. The summed E-state index contributed by atoms with van der Waals surface area (Å²) >= 11 is 0. The summed E-state index contributed by atoms with van der Waals surface area (Å²) in [6, 6.07) is 2.26. The van der Waals surface area contributed by atoms with E-state index < -0.39 is 0 Å². The molecule has 0 spiro atoms. The lowest BCUT2D eigenvalue weighted by molar-refractivity contribution is 0.173. The zero-order valence-corrected chi connectivity index (χ0v) is 13.4. The van der Waals surface area contributed by atoms with E-state index in [1.54, 1.807) is 4.90 Å². The van der Waals surface area contributed by atoms with Gasteiger partial charge in [-0.1, -0.05) is 0 Å². The maximum absolute atomic E-state index is 12.1. The topological polar surface area (TPSA) is 67.3 Å². The van der Waals surface area contributed by atoms with Crippen LogP contribution >= 0.6 is 0 Å². The molecular weight excluding hydrogens is 268 g/mol. The van der Waals surface area contributed by atoms with Crippen molar-refractivity contribution in [2.45, 2.75) is 52.7 Å². The maximum atomic E-state index is 12.1. The second-order valence-electron chi connectivity index (χ2n) is 6.59. The predicted octanol–water partition coefficient (Wildman–Crippen LogP) is 2.05. The molecule has 1 aliphatic rings. The van der Waals surface area contributed by atoms with Crippen LogP contribution in [0.3, 0.4) is 0 Å². The Labute approximate surface area is 125 Å². The number of urea groups is 1. The number of likely N-dealkylation sites (tertiary alicyclic amines) is 1. The molecule has 1 aromatic rings. The molecule has 0 aliphatic carbocycles. The van der Waals surface area contributed by atoms with Gasteiger partial charge in [-0.2, -0.15) is 0 Å². The van der Waals surface area contributed by atoms with Crippen molar-refractivity contribution in [1.29, 1.82) is 0 Å². The van der Waals surface area contributed by atoms with E-state index in [9.17, 15) is 4.79 Å². The van der Waals surface area contributed by atoms with Gasteiger partial charge in [0.15, 0.2) is 0 Å². The summed E-state index contributed by atoms with van der Waals surface area (Å²) in [5, 5.41) is 2.96. The molecule has 6 heteroatoms. The molecule has 1 saturated heterocycles. The van der Waals surface area contributed by atoms with Crippen LogP contribution in [0.4, 0.5) is 4.79 Å². The molecule has 1 fully saturated rings. The van der Waals surface area contributed by atoms with Gasteiger partial charge in [-0.3, -0.25) is 0 Å². The van der Waals surface area contributed by atoms with E-state index in [0.717, 1.165) is 17.8 Å². The zero-order chi connectivity index (χ0) is 15.6. The minimum atomic E-state index is -0.229. The molecule has 0 saturated carbocycles. The quantitative estimate of drug-likeness (QED) is 0.906. The highest BCUT2D eigenvalue weighted by Gasteiger charge is 2.29. The first kappa shape index (κ1) is 15.5. The predicted molar refractivity (Wildman–Crippen MR) is 80.4 cm³/mol. The molecular formula is C15H24N4O2. The first-order valence-corrected chi connectivity index (χ1v) is 7.29. The van der Waals surface area contributed by atoms with Crippen LogP contribution in [0.1, 0.15) is 38.6 Å². The fourth-order valence-electron chi connectivity index (χ4n) is 2.30. The molecule has 2 heterocycles. The highest BCUT2D eigenvalue weighted by atomic mass is 16.5. The van der Waals surface area contributed by atoms with E-state index in [1.165, 1.54) is 0 Å². The monoisotopic (exact) mass is 292 g/mol. The van der Waals surface area contributed by atoms with Crippen molar-refractivity contribution >= 4 is 6.03 Å². The van der Waals surface area contributed by atoms with Gasteiger partial charge in [0.05, 0.1) is 6.54 Å². The van der Waals surface area contributed by atoms with Gasteiger partial charge in [-0.05, 0) is 40.7 Å². The number of aryl methyl sites for hydroxylation is 2. The van der Waals surface area contributed by atoms with Crippen molar-refractivity contribution < 1.29 is 9.53 Å². The van der Waals surface area contributed by atoms with Crippen LogP contribution in [0.25, 0.3) is 0 Å². The number of hydrogen-bond acceptors (Lipinski definition) is 4. The third kappa shape index (κ3) is 4.58. The number of carbonyl (C=O) groups excluding carboxylic acids is 1. The number of amides is 2. The molecule has 0 bridgehead atoms. The lowest BCUT2D eigenvalue weighted by atomic mass is 10.1. The fraction of sp³-hybridized carbons (Fsp3) is 0.667. The van der Waals surface area contributed by atoms with E-state index in [1.807, 2.05) is 40.7 Å². The first-order valence-electron chi connectivity index (χ1n) is 7.29. The number of aromatic nitrogens is 2. The van der Waals surface area contributed by atoms with Gasteiger partial charge in [0.25, 0.3) is 0 Å². The van der Waals surface area contributed by atoms with E-state index in [-0.39, 0.29) is 17.7 Å². The molecule has 2 rings (SSSR count). The van der Waals surface area contributed by atoms with E-state index in [0.29, 0.717) is 19.1 Å². The molecule has 2 amide bonds. The van der Waals surface area contributed by atoms with Gasteiger partial charge in [-0.25, -0.2) is 14.8 Å². The van der Waals surface area contributed by atoms with Crippen LogP contribution in [-0.2, 0) is 0 Å². The Bertz CT molecular complexity index is 505. The van der Waals surface area contributed by atoms with Crippen LogP contribution in [-0.4, -0.2) is 45.6 Å². The Morgan fingerprint density at radius 3 is 2.52 bits per heavy atom. The Balaban J connectivity index is 1.92. The first-order chi connectivity index (χ1) is 9.73. The summed E-state index contributed by atoms with van der Waals surface area (Å²) in [5.41, 5.74) is 1.54. The molecule has 116 valence electrons. The van der Waals surface area contributed by atoms with Gasteiger partial charge in [-0.15, -0.1) is 0 Å². The van der Waals surface area contributed by atoms with Crippen molar-refractivity contribution in [1.82, 2.24) is 20.2 Å². The van der Waals surface area contributed by atoms with E-state index in [2.05, 4.69) is 15.3 Å². The molecule has 0 radical (unpaired) electrons. The third-order valence-electron chi connectivity index (χ3n) is 3.15. The van der Waals surface area contributed by atoms with Crippen molar-refractivity contribution in [2.24, 2.45) is 0 Å². The van der Waals surface area contributed by atoms with Crippen LogP contribution in [0.15, 0.2) is 6.07 Å². The molecule has 1 atom stereocenters. The number of rotatable bonds is 2. The van der Waals surface area contributed by atoms with Gasteiger partial charge < -0.3 is 15.0 Å². The standard InChI is InChI=1S/C15H24N4O2/c1-10-8-11(2)17-13(16-10)21-12-6-7-19(9-12)14(20)18-15(3,4)5/h8,12H,6-7,9H2,1-5H3,(H,18,20)/t12-/m1/s1. The van der Waals surface area contributed by atoms with Crippen LogP contribution in [0.2, 0.25) is 0 Å². The van der Waals surface area contributed by atoms with Crippen LogP contribution in [0, 0.1) is 13.8 Å². The summed E-state index contributed by atoms with van der Waals surface area (Å²) in [7, 11) is 0. The number of hydrogen-bond donors (Lipinski definition) is 1. The van der Waals surface area contributed by atoms with Gasteiger partial charge in [0, 0.05) is 29.9 Å². The Hall–Kier alpha value is -1.85. The fourth-order valence-corrected chi connectivity index (χ4v) is 2.30. The lowest BCUT2D eigenvalue weighted by Gasteiger charge is -2.25. The molecule has 0 unspecified atom stereocenters. The summed E-state index contributed by atoms with van der Waals surface area (Å²) in [6.07, 6.45) is 0.755. The van der Waals surface area contributed by atoms with Crippen molar-refractivity contribution in [3.8, 4) is 6.01 Å². The van der Waals surface area contributed by atoms with Gasteiger partial charge in [0.2, 0.25) is 0 Å². The SMILES string of the molecule is Cc1cc(C)nc(O[C@@H]2CCN(C(=O)NC(C)(C)C)C2)n1. The van der Waals surface area contributed by atoms with E-state index in [4.69, 9.17) is 4.74 Å². The van der Waals surface area contributed by atoms with Gasteiger partial charge in [0.1, 0.15) is 6.10 Å². The molecule has 0 aromatic carbocycles. The van der Waals surface area contributed by atoms with Crippen LogP contribution < -0.4 is 10.1 Å². The minimum absolute atomic E-state index is 0.0445. The summed E-state index contributed by atoms with van der Waals surface area (Å²) in [5.74, 6) is 0. The molecule has 1 aliphatic heterocycles. The zero-order valence-electron chi connectivity index (χ0n) is 13.4. The smallest absolute Gasteiger partial charge is 0.317 e. The number of carbonyl (C=O) groups is 1. The normalized spacial score (nSPS) is 18.7. The van der Waals surface area contributed by atoms with Crippen molar-refractivity contribution in [2.75, 3.05) is 13.1 Å². The lowest BCUT2D eigenvalue weighted by Crippen LogP contribution is -2.48. The highest BCUT2D eigenvalue weighted by molar-refractivity contribution is 5.75. The molecule has 1 aromatic heterocycles. The average Bonchev–Trinajstić information content (AvgIpc) is 2.73. The maximum Gasteiger partial charge on any atom is 0.317 e. The number of ether oxygens (including phenoxy) is 1. The summed E-state index contributed by atoms with van der Waals surface area (Å²) < 4.78 is 5.80. The number of nitrogens with one attached hydrogen (secondary N) is 1. The largest absolute Gasteiger partial charge is 0.458 e. The van der Waals surface area contributed by atoms with Crippen molar-refractivity contribution in [3.05, 3.63) is 17.5 Å². The van der Waals surface area contributed by atoms with Gasteiger partial charge >= 0.3 is 12.0 Å². The van der Waals surface area contributed by atoms with Crippen LogP contribution in [0.5, 0.6) is 6.01 Å². The molecule has 21 heavy (non-hydrogen) atoms. The average molecular weight is 292 g/mol. The second kappa shape index (κ2) is 5.87. The highest BCUT2D eigenvalue weighted by Crippen LogP contribution is 2.16. The second-order valence-corrected chi connectivity index (χ2v) is 6.59. The third-order valence-corrected chi connectivity index (χ3v) is 3.15. The summed E-state index contributed by atoms with van der Waals surface area (Å²) in [6.45, 7) is 11.0. The number of nitrogens with zero attached hydrogens (tertiary/aromatic N) is 3.